The average Bonchev–Trinajstić information content (AvgIpc) is 3.25. The summed E-state index contributed by atoms with van der Waals surface area (Å²) in [6.07, 6.45) is 3.12. The number of hydrogen-bond acceptors (Lipinski definition) is 4. The van der Waals surface area contributed by atoms with E-state index in [0.29, 0.717) is 37.0 Å². The molecule has 0 aliphatic heterocycles. The molecule has 1 saturated carbocycles. The number of ether oxygens (including phenoxy) is 1. The molecule has 0 aromatic heterocycles. The first-order chi connectivity index (χ1) is 9.74. The third kappa shape index (κ3) is 3.98. The van der Waals surface area contributed by atoms with Crippen LogP contribution in [0.3, 0.4) is 0 Å². The highest BCUT2D eigenvalue weighted by molar-refractivity contribution is 6.02. The Morgan fingerprint density at radius 3 is 2.85 bits per heavy atom. The molecular weight excluding hydrogens is 256 g/mol. The van der Waals surface area contributed by atoms with E-state index >= 15 is 0 Å². The summed E-state index contributed by atoms with van der Waals surface area (Å²) in [4.78, 5) is 11.6. The zero-order valence-corrected chi connectivity index (χ0v) is 11.6. The van der Waals surface area contributed by atoms with Crippen LogP contribution in [-0.2, 0) is 4.79 Å². The number of hydrogen-bond donors (Lipinski definition) is 2. The topological polar surface area (TPSA) is 70.9 Å². The highest BCUT2D eigenvalue weighted by Gasteiger charge is 2.22. The van der Waals surface area contributed by atoms with Crippen molar-refractivity contribution in [3.8, 4) is 5.75 Å². The largest absolute Gasteiger partial charge is 0.492 e. The second-order valence-corrected chi connectivity index (χ2v) is 4.84. The summed E-state index contributed by atoms with van der Waals surface area (Å²) in [6, 6.07) is 7.76. The van der Waals surface area contributed by atoms with Gasteiger partial charge in [0.25, 0.3) is 0 Å². The van der Waals surface area contributed by atoms with Crippen molar-refractivity contribution in [3.63, 3.8) is 0 Å². The highest BCUT2D eigenvalue weighted by Crippen LogP contribution is 2.21. The maximum Gasteiger partial charge on any atom is 0.223 e. The first-order valence-corrected chi connectivity index (χ1v) is 6.97. The van der Waals surface area contributed by atoms with Gasteiger partial charge in [0.15, 0.2) is 0 Å². The molecule has 5 heteroatoms. The standard InChI is InChI=1S/C15H20N2O3/c1-2-13(17-19)12-5-3-4-6-14(12)20-10-9-15(18)16-11-7-8-11/h3-6,11,19H,2,7-10H2,1H3,(H,16,18)/b17-13-. The summed E-state index contributed by atoms with van der Waals surface area (Å²) in [5.41, 5.74) is 1.34. The van der Waals surface area contributed by atoms with E-state index in [1.807, 2.05) is 31.2 Å². The van der Waals surface area contributed by atoms with E-state index in [4.69, 9.17) is 9.94 Å². The molecule has 1 aliphatic carbocycles. The quantitative estimate of drug-likeness (QED) is 0.456. The minimum Gasteiger partial charge on any atom is -0.492 e. The van der Waals surface area contributed by atoms with Gasteiger partial charge in [-0.15, -0.1) is 0 Å². The molecule has 1 aromatic rings. The highest BCUT2D eigenvalue weighted by atomic mass is 16.5. The van der Waals surface area contributed by atoms with Crippen LogP contribution >= 0.6 is 0 Å². The molecule has 0 bridgehead atoms. The van der Waals surface area contributed by atoms with E-state index in [9.17, 15) is 4.79 Å². The molecule has 0 atom stereocenters. The zero-order valence-electron chi connectivity index (χ0n) is 11.6. The number of rotatable bonds is 7. The number of carbonyl (C=O) groups is 1. The van der Waals surface area contributed by atoms with E-state index < -0.39 is 0 Å². The Hall–Kier alpha value is -2.04. The number of oxime groups is 1. The molecule has 0 heterocycles. The smallest absolute Gasteiger partial charge is 0.223 e. The maximum atomic E-state index is 11.6. The van der Waals surface area contributed by atoms with Crippen LogP contribution in [-0.4, -0.2) is 29.5 Å². The van der Waals surface area contributed by atoms with Gasteiger partial charge in [-0.2, -0.15) is 0 Å². The number of amides is 1. The summed E-state index contributed by atoms with van der Waals surface area (Å²) >= 11 is 0. The van der Waals surface area contributed by atoms with Crippen LogP contribution < -0.4 is 10.1 Å². The molecule has 20 heavy (non-hydrogen) atoms. The van der Waals surface area contributed by atoms with Crippen LogP contribution in [0.25, 0.3) is 0 Å². The molecular formula is C15H20N2O3. The van der Waals surface area contributed by atoms with Gasteiger partial charge in [0, 0.05) is 11.6 Å². The van der Waals surface area contributed by atoms with Crippen LogP contribution in [0, 0.1) is 0 Å². The molecule has 108 valence electrons. The van der Waals surface area contributed by atoms with Gasteiger partial charge in [0.05, 0.1) is 18.7 Å². The lowest BCUT2D eigenvalue weighted by molar-refractivity contribution is -0.121. The molecule has 1 fully saturated rings. The molecule has 0 radical (unpaired) electrons. The van der Waals surface area contributed by atoms with Crippen molar-refractivity contribution in [2.24, 2.45) is 5.16 Å². The van der Waals surface area contributed by atoms with Crippen molar-refractivity contribution in [3.05, 3.63) is 29.8 Å². The molecule has 0 spiro atoms. The van der Waals surface area contributed by atoms with Gasteiger partial charge in [-0.3, -0.25) is 4.79 Å². The fraction of sp³-hybridized carbons (Fsp3) is 0.467. The van der Waals surface area contributed by atoms with Gasteiger partial charge < -0.3 is 15.3 Å². The van der Waals surface area contributed by atoms with Crippen molar-refractivity contribution in [1.82, 2.24) is 5.32 Å². The van der Waals surface area contributed by atoms with Crippen LogP contribution in [0.4, 0.5) is 0 Å². The Morgan fingerprint density at radius 1 is 1.45 bits per heavy atom. The van der Waals surface area contributed by atoms with E-state index in [0.717, 1.165) is 18.4 Å². The Bertz CT molecular complexity index is 496. The van der Waals surface area contributed by atoms with Crippen molar-refractivity contribution in [2.75, 3.05) is 6.61 Å². The summed E-state index contributed by atoms with van der Waals surface area (Å²) in [7, 11) is 0. The third-order valence-corrected chi connectivity index (χ3v) is 3.18. The van der Waals surface area contributed by atoms with Crippen molar-refractivity contribution < 1.29 is 14.7 Å². The normalized spacial score (nSPS) is 14.9. The first-order valence-electron chi connectivity index (χ1n) is 6.97. The predicted octanol–water partition coefficient (Wildman–Crippen LogP) is 2.32. The van der Waals surface area contributed by atoms with Crippen molar-refractivity contribution in [2.45, 2.75) is 38.6 Å². The minimum absolute atomic E-state index is 0.0246. The van der Waals surface area contributed by atoms with Gasteiger partial charge in [-0.1, -0.05) is 24.2 Å². The molecule has 1 amide bonds. The Kier molecular flexibility index (Phi) is 4.98. The van der Waals surface area contributed by atoms with Gasteiger partial charge in [0.1, 0.15) is 5.75 Å². The summed E-state index contributed by atoms with van der Waals surface area (Å²) in [5, 5.41) is 15.2. The van der Waals surface area contributed by atoms with Gasteiger partial charge >= 0.3 is 0 Å². The van der Waals surface area contributed by atoms with Gasteiger partial charge in [0.2, 0.25) is 5.91 Å². The number of nitrogens with zero attached hydrogens (tertiary/aromatic N) is 1. The van der Waals surface area contributed by atoms with Gasteiger partial charge in [-0.05, 0) is 31.4 Å². The Labute approximate surface area is 118 Å². The zero-order chi connectivity index (χ0) is 14.4. The van der Waals surface area contributed by atoms with Crippen LogP contribution in [0.5, 0.6) is 5.75 Å². The van der Waals surface area contributed by atoms with E-state index in [1.165, 1.54) is 0 Å². The number of para-hydroxylation sites is 1. The number of benzene rings is 1. The lowest BCUT2D eigenvalue weighted by Crippen LogP contribution is -2.26. The number of carbonyl (C=O) groups excluding carboxylic acids is 1. The predicted molar refractivity (Wildman–Crippen MR) is 76.3 cm³/mol. The van der Waals surface area contributed by atoms with E-state index in [2.05, 4.69) is 10.5 Å². The molecule has 0 saturated heterocycles. The Balaban J connectivity index is 1.90. The fourth-order valence-electron chi connectivity index (χ4n) is 1.93. The molecule has 0 unspecified atom stereocenters. The molecule has 5 nitrogen and oxygen atoms in total. The summed E-state index contributed by atoms with van der Waals surface area (Å²) in [5.74, 6) is 0.665. The molecule has 2 N–H and O–H groups in total. The molecule has 1 aliphatic rings. The second kappa shape index (κ2) is 6.93. The minimum atomic E-state index is 0.0246. The van der Waals surface area contributed by atoms with Crippen molar-refractivity contribution >= 4 is 11.6 Å². The van der Waals surface area contributed by atoms with Crippen LogP contribution in [0.15, 0.2) is 29.4 Å². The average molecular weight is 276 g/mol. The molecule has 2 rings (SSSR count). The van der Waals surface area contributed by atoms with E-state index in [1.54, 1.807) is 0 Å². The lowest BCUT2D eigenvalue weighted by Gasteiger charge is -2.11. The number of nitrogens with one attached hydrogen (secondary N) is 1. The monoisotopic (exact) mass is 276 g/mol. The Morgan fingerprint density at radius 2 is 2.20 bits per heavy atom. The van der Waals surface area contributed by atoms with Crippen LogP contribution in [0.1, 0.15) is 38.2 Å². The maximum absolute atomic E-state index is 11.6. The lowest BCUT2D eigenvalue weighted by atomic mass is 10.1. The SMILES string of the molecule is CC/C(=N/O)c1ccccc1OCCC(=O)NC1CC1. The molecule has 1 aromatic carbocycles. The van der Waals surface area contributed by atoms with E-state index in [-0.39, 0.29) is 5.91 Å². The summed E-state index contributed by atoms with van der Waals surface area (Å²) < 4.78 is 5.64. The second-order valence-electron chi connectivity index (χ2n) is 4.84. The third-order valence-electron chi connectivity index (χ3n) is 3.18. The summed E-state index contributed by atoms with van der Waals surface area (Å²) in [6.45, 7) is 2.23. The van der Waals surface area contributed by atoms with Crippen molar-refractivity contribution in [1.29, 1.82) is 0 Å². The van der Waals surface area contributed by atoms with Gasteiger partial charge in [-0.25, -0.2) is 0 Å². The fourth-order valence-corrected chi connectivity index (χ4v) is 1.93. The van der Waals surface area contributed by atoms with Crippen LogP contribution in [0.2, 0.25) is 0 Å². The first kappa shape index (κ1) is 14.4.